The molecule has 0 spiro atoms. The van der Waals surface area contributed by atoms with Crippen LogP contribution < -0.4 is 5.32 Å². The van der Waals surface area contributed by atoms with Crippen molar-refractivity contribution in [1.29, 1.82) is 0 Å². The third-order valence-corrected chi connectivity index (χ3v) is 7.33. The zero-order chi connectivity index (χ0) is 21.0. The molecule has 0 bridgehead atoms. The van der Waals surface area contributed by atoms with Crippen LogP contribution in [0.2, 0.25) is 0 Å². The molecule has 0 radical (unpaired) electrons. The molecule has 3 rings (SSSR count). The number of benzene rings is 2. The summed E-state index contributed by atoms with van der Waals surface area (Å²) in [4.78, 5) is 17.2. The fraction of sp³-hybridized carbons (Fsp3) is 0.238. The van der Waals surface area contributed by atoms with E-state index in [0.717, 1.165) is 16.3 Å². The lowest BCUT2D eigenvalue weighted by Gasteiger charge is -2.18. The van der Waals surface area contributed by atoms with Gasteiger partial charge >= 0.3 is 0 Å². The van der Waals surface area contributed by atoms with E-state index in [1.165, 1.54) is 28.6 Å². The third-order valence-electron chi connectivity index (χ3n) is 4.49. The number of amides is 1. The molecule has 0 saturated carbocycles. The number of nitrogens with zero attached hydrogens (tertiary/aromatic N) is 2. The number of thiazole rings is 1. The average Bonchev–Trinajstić information content (AvgIpc) is 3.15. The summed E-state index contributed by atoms with van der Waals surface area (Å²) < 4.78 is 26.5. The second-order valence-electron chi connectivity index (χ2n) is 6.40. The van der Waals surface area contributed by atoms with Gasteiger partial charge in [-0.15, -0.1) is 11.3 Å². The summed E-state index contributed by atoms with van der Waals surface area (Å²) in [5, 5.41) is 5.81. The summed E-state index contributed by atoms with van der Waals surface area (Å²) in [6.07, 6.45) is 0. The fourth-order valence-electron chi connectivity index (χ4n) is 2.95. The predicted molar refractivity (Wildman–Crippen MR) is 117 cm³/mol. The van der Waals surface area contributed by atoms with Crippen LogP contribution in [0, 0.1) is 6.92 Å². The average molecular weight is 430 g/mol. The molecule has 3 aromatic rings. The van der Waals surface area contributed by atoms with E-state index < -0.39 is 10.0 Å². The normalized spacial score (nSPS) is 11.6. The topological polar surface area (TPSA) is 79.4 Å². The van der Waals surface area contributed by atoms with E-state index in [9.17, 15) is 13.2 Å². The number of nitrogens with one attached hydrogen (secondary N) is 1. The van der Waals surface area contributed by atoms with E-state index in [1.54, 1.807) is 31.3 Å². The first-order chi connectivity index (χ1) is 13.8. The van der Waals surface area contributed by atoms with Gasteiger partial charge in [-0.3, -0.25) is 4.79 Å². The van der Waals surface area contributed by atoms with Crippen LogP contribution in [-0.2, 0) is 10.0 Å². The number of carbonyl (C=O) groups is 1. The van der Waals surface area contributed by atoms with Crippen LogP contribution in [0.5, 0.6) is 0 Å². The van der Waals surface area contributed by atoms with Crippen molar-refractivity contribution in [3.05, 3.63) is 64.5 Å². The molecule has 2 aromatic carbocycles. The Bertz CT molecular complexity index is 1100. The van der Waals surface area contributed by atoms with Crippen molar-refractivity contribution in [1.82, 2.24) is 9.29 Å². The Morgan fingerprint density at radius 1 is 1.10 bits per heavy atom. The zero-order valence-corrected chi connectivity index (χ0v) is 18.2. The molecule has 0 saturated heterocycles. The van der Waals surface area contributed by atoms with E-state index in [2.05, 4.69) is 10.3 Å². The fourth-order valence-corrected chi connectivity index (χ4v) is 5.03. The number of aryl methyl sites for hydroxylation is 1. The van der Waals surface area contributed by atoms with E-state index in [1.807, 2.05) is 30.5 Å². The molecular formula is C21H23N3O3S2. The van der Waals surface area contributed by atoms with Gasteiger partial charge in [0.2, 0.25) is 10.0 Å². The van der Waals surface area contributed by atoms with Gasteiger partial charge in [0.05, 0.1) is 15.6 Å². The van der Waals surface area contributed by atoms with Crippen LogP contribution in [0.25, 0.3) is 11.3 Å². The molecule has 0 fully saturated rings. The summed E-state index contributed by atoms with van der Waals surface area (Å²) in [5.41, 5.74) is 2.83. The SMILES string of the molecule is CCN(CC)S(=O)(=O)c1ccc(C(=O)Nc2cccc(-c3csc(C)n3)c2)cc1. The molecular weight excluding hydrogens is 406 g/mol. The van der Waals surface area contributed by atoms with E-state index >= 15 is 0 Å². The van der Waals surface area contributed by atoms with Crippen LogP contribution in [0.1, 0.15) is 29.2 Å². The molecule has 0 aliphatic rings. The van der Waals surface area contributed by atoms with Crippen LogP contribution in [0.3, 0.4) is 0 Å². The first kappa shape index (κ1) is 21.2. The van der Waals surface area contributed by atoms with Crippen molar-refractivity contribution in [3.63, 3.8) is 0 Å². The molecule has 1 aromatic heterocycles. The van der Waals surface area contributed by atoms with Gasteiger partial charge in [-0.25, -0.2) is 13.4 Å². The summed E-state index contributed by atoms with van der Waals surface area (Å²) in [7, 11) is -3.54. The molecule has 152 valence electrons. The van der Waals surface area contributed by atoms with E-state index in [4.69, 9.17) is 0 Å². The lowest BCUT2D eigenvalue weighted by Crippen LogP contribution is -2.30. The molecule has 0 aliphatic carbocycles. The summed E-state index contributed by atoms with van der Waals surface area (Å²) in [6.45, 7) is 6.34. The molecule has 0 aliphatic heterocycles. The van der Waals surface area contributed by atoms with Crippen molar-refractivity contribution in [2.75, 3.05) is 18.4 Å². The smallest absolute Gasteiger partial charge is 0.255 e. The predicted octanol–water partition coefficient (Wildman–Crippen LogP) is 4.40. The lowest BCUT2D eigenvalue weighted by molar-refractivity contribution is 0.102. The van der Waals surface area contributed by atoms with Crippen molar-refractivity contribution >= 4 is 33.0 Å². The number of carbonyl (C=O) groups excluding carboxylic acids is 1. The summed E-state index contributed by atoms with van der Waals surface area (Å²) >= 11 is 1.57. The van der Waals surface area contributed by atoms with Crippen molar-refractivity contribution in [3.8, 4) is 11.3 Å². The standard InChI is InChI=1S/C21H23N3O3S2/c1-4-24(5-2)29(26,27)19-11-9-16(10-12-19)21(25)23-18-8-6-7-17(13-18)20-14-28-15(3)22-20/h6-14H,4-5H2,1-3H3,(H,23,25). The van der Waals surface area contributed by atoms with Crippen LogP contribution >= 0.6 is 11.3 Å². The Kier molecular flexibility index (Phi) is 6.46. The van der Waals surface area contributed by atoms with E-state index in [-0.39, 0.29) is 10.8 Å². The number of hydrogen-bond acceptors (Lipinski definition) is 5. The van der Waals surface area contributed by atoms with Gasteiger partial charge in [0.15, 0.2) is 0 Å². The lowest BCUT2D eigenvalue weighted by atomic mass is 10.1. The van der Waals surface area contributed by atoms with Gasteiger partial charge in [0, 0.05) is 35.3 Å². The quantitative estimate of drug-likeness (QED) is 0.604. The minimum atomic E-state index is -3.54. The highest BCUT2D eigenvalue weighted by molar-refractivity contribution is 7.89. The number of sulfonamides is 1. The van der Waals surface area contributed by atoms with Crippen molar-refractivity contribution in [2.24, 2.45) is 0 Å². The zero-order valence-electron chi connectivity index (χ0n) is 16.5. The maximum absolute atomic E-state index is 12.6. The number of anilines is 1. The number of rotatable bonds is 7. The Balaban J connectivity index is 1.77. The maximum Gasteiger partial charge on any atom is 0.255 e. The maximum atomic E-state index is 12.6. The molecule has 1 heterocycles. The van der Waals surface area contributed by atoms with Crippen LogP contribution in [-0.4, -0.2) is 36.7 Å². The number of aromatic nitrogens is 1. The second-order valence-corrected chi connectivity index (χ2v) is 9.40. The summed E-state index contributed by atoms with van der Waals surface area (Å²) in [6, 6.07) is 13.5. The minimum Gasteiger partial charge on any atom is -0.322 e. The molecule has 0 atom stereocenters. The summed E-state index contributed by atoms with van der Waals surface area (Å²) in [5.74, 6) is -0.302. The molecule has 0 unspecified atom stereocenters. The highest BCUT2D eigenvalue weighted by Crippen LogP contribution is 2.24. The number of hydrogen-bond donors (Lipinski definition) is 1. The Morgan fingerprint density at radius 3 is 2.38 bits per heavy atom. The monoisotopic (exact) mass is 429 g/mol. The van der Waals surface area contributed by atoms with Crippen LogP contribution in [0.15, 0.2) is 58.8 Å². The Labute approximate surface area is 175 Å². The third kappa shape index (κ3) is 4.72. The van der Waals surface area contributed by atoms with Crippen molar-refractivity contribution in [2.45, 2.75) is 25.7 Å². The molecule has 8 heteroatoms. The second kappa shape index (κ2) is 8.86. The van der Waals surface area contributed by atoms with Gasteiger partial charge in [-0.2, -0.15) is 4.31 Å². The largest absolute Gasteiger partial charge is 0.322 e. The van der Waals surface area contributed by atoms with Crippen LogP contribution in [0.4, 0.5) is 5.69 Å². The molecule has 1 amide bonds. The molecule has 1 N–H and O–H groups in total. The molecule has 6 nitrogen and oxygen atoms in total. The highest BCUT2D eigenvalue weighted by atomic mass is 32.2. The first-order valence-electron chi connectivity index (χ1n) is 9.29. The Hall–Kier alpha value is -2.55. The minimum absolute atomic E-state index is 0.179. The highest BCUT2D eigenvalue weighted by Gasteiger charge is 2.21. The van der Waals surface area contributed by atoms with Gasteiger partial charge in [0.25, 0.3) is 5.91 Å². The molecule has 29 heavy (non-hydrogen) atoms. The Morgan fingerprint density at radius 2 is 1.79 bits per heavy atom. The first-order valence-corrected chi connectivity index (χ1v) is 11.6. The van der Waals surface area contributed by atoms with Gasteiger partial charge in [-0.1, -0.05) is 26.0 Å². The van der Waals surface area contributed by atoms with Gasteiger partial charge < -0.3 is 5.32 Å². The van der Waals surface area contributed by atoms with E-state index in [0.29, 0.717) is 24.3 Å². The van der Waals surface area contributed by atoms with Gasteiger partial charge in [-0.05, 0) is 43.3 Å². The van der Waals surface area contributed by atoms with Gasteiger partial charge in [0.1, 0.15) is 0 Å². The van der Waals surface area contributed by atoms with Crippen molar-refractivity contribution < 1.29 is 13.2 Å².